The lowest BCUT2D eigenvalue weighted by Gasteiger charge is -2.14. The van der Waals surface area contributed by atoms with Crippen molar-refractivity contribution in [2.75, 3.05) is 0 Å². The van der Waals surface area contributed by atoms with Gasteiger partial charge in [0, 0.05) is 30.4 Å². The molecule has 0 aliphatic heterocycles. The molecule has 2 heterocycles. The summed E-state index contributed by atoms with van der Waals surface area (Å²) in [5.41, 5.74) is 3.61. The minimum Gasteiger partial charge on any atom is -0.288 e. The van der Waals surface area contributed by atoms with Gasteiger partial charge in [-0.3, -0.25) is 14.5 Å². The number of hydrogen-bond acceptors (Lipinski definition) is 3. The highest BCUT2D eigenvalue weighted by molar-refractivity contribution is 6.39. The third-order valence-electron chi connectivity index (χ3n) is 3.52. The molecular formula is C14H8ClN3O. The molecule has 0 N–H and O–H groups in total. The van der Waals surface area contributed by atoms with Gasteiger partial charge in [-0.1, -0.05) is 11.6 Å². The van der Waals surface area contributed by atoms with Crippen LogP contribution in [0.2, 0.25) is 5.02 Å². The van der Waals surface area contributed by atoms with E-state index in [9.17, 15) is 4.79 Å². The molecule has 0 saturated carbocycles. The van der Waals surface area contributed by atoms with Crippen LogP contribution in [-0.4, -0.2) is 20.5 Å². The molecule has 0 saturated heterocycles. The van der Waals surface area contributed by atoms with Gasteiger partial charge in [0.2, 0.25) is 0 Å². The Morgan fingerprint density at radius 1 is 1.21 bits per heavy atom. The van der Waals surface area contributed by atoms with E-state index in [2.05, 4.69) is 10.1 Å². The van der Waals surface area contributed by atoms with Crippen molar-refractivity contribution in [3.8, 4) is 11.3 Å². The standard InChI is InChI=1S/C14H8ClN3O/c1-18-10-3-2-9(15)11-12(10)13(17-18)7-4-5-16-6-8(7)14(11)19/h2-6H,1H3. The van der Waals surface area contributed by atoms with Gasteiger partial charge in [-0.25, -0.2) is 0 Å². The molecule has 2 aromatic heterocycles. The topological polar surface area (TPSA) is 47.8 Å². The lowest BCUT2D eigenvalue weighted by Crippen LogP contribution is -2.10. The number of pyridine rings is 1. The Hall–Kier alpha value is -2.20. The highest BCUT2D eigenvalue weighted by Gasteiger charge is 2.30. The number of aromatic nitrogens is 3. The van der Waals surface area contributed by atoms with Gasteiger partial charge in [0.25, 0.3) is 0 Å². The van der Waals surface area contributed by atoms with Crippen molar-refractivity contribution in [1.82, 2.24) is 14.8 Å². The van der Waals surface area contributed by atoms with Gasteiger partial charge in [0.1, 0.15) is 5.69 Å². The average Bonchev–Trinajstić information content (AvgIpc) is 2.75. The quantitative estimate of drug-likeness (QED) is 0.493. The zero-order chi connectivity index (χ0) is 13.1. The summed E-state index contributed by atoms with van der Waals surface area (Å²) >= 11 is 6.20. The Morgan fingerprint density at radius 2 is 2.05 bits per heavy atom. The minimum absolute atomic E-state index is 0.0841. The fourth-order valence-electron chi connectivity index (χ4n) is 2.66. The summed E-state index contributed by atoms with van der Waals surface area (Å²) in [6.07, 6.45) is 3.24. The zero-order valence-corrected chi connectivity index (χ0v) is 10.8. The lowest BCUT2D eigenvalue weighted by molar-refractivity contribution is 0.104. The first-order valence-electron chi connectivity index (χ1n) is 5.83. The number of fused-ring (bicyclic) bond motifs is 2. The molecule has 1 aliphatic rings. The lowest BCUT2D eigenvalue weighted by atomic mass is 9.89. The Balaban J connectivity index is 2.30. The normalized spacial score (nSPS) is 12.8. The predicted molar refractivity (Wildman–Crippen MR) is 72.4 cm³/mol. The van der Waals surface area contributed by atoms with E-state index < -0.39 is 0 Å². The van der Waals surface area contributed by atoms with Crippen molar-refractivity contribution in [1.29, 1.82) is 0 Å². The smallest absolute Gasteiger partial charge is 0.197 e. The van der Waals surface area contributed by atoms with E-state index in [1.54, 1.807) is 23.1 Å². The van der Waals surface area contributed by atoms with Gasteiger partial charge in [-0.05, 0) is 18.2 Å². The molecule has 1 aliphatic carbocycles. The van der Waals surface area contributed by atoms with Crippen molar-refractivity contribution in [2.24, 2.45) is 7.05 Å². The molecule has 92 valence electrons. The Labute approximate surface area is 113 Å². The van der Waals surface area contributed by atoms with E-state index >= 15 is 0 Å². The van der Waals surface area contributed by atoms with E-state index in [1.165, 1.54) is 0 Å². The number of nitrogens with zero attached hydrogens (tertiary/aromatic N) is 3. The van der Waals surface area contributed by atoms with Crippen LogP contribution in [0.25, 0.3) is 22.2 Å². The first kappa shape index (κ1) is 10.7. The number of rotatable bonds is 0. The van der Waals surface area contributed by atoms with Crippen LogP contribution in [0.3, 0.4) is 0 Å². The van der Waals surface area contributed by atoms with Crippen LogP contribution in [-0.2, 0) is 7.05 Å². The first-order chi connectivity index (χ1) is 9.18. The average molecular weight is 270 g/mol. The molecule has 0 radical (unpaired) electrons. The maximum Gasteiger partial charge on any atom is 0.197 e. The van der Waals surface area contributed by atoms with Crippen LogP contribution >= 0.6 is 11.6 Å². The summed E-state index contributed by atoms with van der Waals surface area (Å²) in [4.78, 5) is 16.6. The van der Waals surface area contributed by atoms with Crippen molar-refractivity contribution in [2.45, 2.75) is 0 Å². The second kappa shape index (κ2) is 3.42. The van der Waals surface area contributed by atoms with Gasteiger partial charge in [0.15, 0.2) is 5.78 Å². The molecule has 0 amide bonds. The number of benzene rings is 1. The fraction of sp³-hybridized carbons (Fsp3) is 0.0714. The summed E-state index contributed by atoms with van der Waals surface area (Å²) in [6, 6.07) is 5.44. The highest BCUT2D eigenvalue weighted by Crippen LogP contribution is 2.40. The van der Waals surface area contributed by atoms with E-state index in [1.807, 2.05) is 19.2 Å². The fourth-order valence-corrected chi connectivity index (χ4v) is 2.90. The molecule has 0 atom stereocenters. The molecule has 0 bridgehead atoms. The molecule has 4 rings (SSSR count). The molecule has 0 spiro atoms. The number of carbonyl (C=O) groups is 1. The zero-order valence-electron chi connectivity index (χ0n) is 10.0. The molecule has 19 heavy (non-hydrogen) atoms. The van der Waals surface area contributed by atoms with Crippen molar-refractivity contribution in [3.63, 3.8) is 0 Å². The van der Waals surface area contributed by atoms with Crippen LogP contribution in [0.1, 0.15) is 15.9 Å². The predicted octanol–water partition coefficient (Wildman–Crippen LogP) is 2.83. The molecule has 1 aromatic carbocycles. The van der Waals surface area contributed by atoms with Crippen molar-refractivity contribution < 1.29 is 4.79 Å². The third kappa shape index (κ3) is 1.21. The Kier molecular flexibility index (Phi) is 1.93. The molecular weight excluding hydrogens is 262 g/mol. The number of ketones is 1. The van der Waals surface area contributed by atoms with E-state index in [0.717, 1.165) is 22.2 Å². The van der Waals surface area contributed by atoms with Crippen molar-refractivity contribution >= 4 is 28.3 Å². The summed E-state index contributed by atoms with van der Waals surface area (Å²) < 4.78 is 1.77. The molecule has 3 aromatic rings. The number of hydrogen-bond donors (Lipinski definition) is 0. The summed E-state index contributed by atoms with van der Waals surface area (Å²) in [7, 11) is 1.86. The maximum absolute atomic E-state index is 12.6. The van der Waals surface area contributed by atoms with Gasteiger partial charge in [-0.15, -0.1) is 0 Å². The highest BCUT2D eigenvalue weighted by atomic mass is 35.5. The third-order valence-corrected chi connectivity index (χ3v) is 3.83. The van der Waals surface area contributed by atoms with Gasteiger partial charge < -0.3 is 0 Å². The first-order valence-corrected chi connectivity index (χ1v) is 6.20. The molecule has 0 unspecified atom stereocenters. The second-order valence-electron chi connectivity index (χ2n) is 4.54. The van der Waals surface area contributed by atoms with Crippen molar-refractivity contribution in [3.05, 3.63) is 46.7 Å². The van der Waals surface area contributed by atoms with Crippen LogP contribution in [0, 0.1) is 0 Å². The van der Waals surface area contributed by atoms with Gasteiger partial charge >= 0.3 is 0 Å². The molecule has 0 fully saturated rings. The van der Waals surface area contributed by atoms with Crippen LogP contribution in [0.4, 0.5) is 0 Å². The maximum atomic E-state index is 12.6. The number of carbonyl (C=O) groups excluding carboxylic acids is 1. The van der Waals surface area contributed by atoms with E-state index in [4.69, 9.17) is 11.6 Å². The number of aryl methyl sites for hydroxylation is 1. The van der Waals surface area contributed by atoms with Gasteiger partial charge in [0.05, 0.1) is 21.7 Å². The summed E-state index contributed by atoms with van der Waals surface area (Å²) in [5, 5.41) is 5.81. The molecule has 5 heteroatoms. The molecule has 4 nitrogen and oxygen atoms in total. The van der Waals surface area contributed by atoms with Crippen LogP contribution in [0.5, 0.6) is 0 Å². The minimum atomic E-state index is -0.0841. The van der Waals surface area contributed by atoms with Crippen LogP contribution in [0.15, 0.2) is 30.6 Å². The summed E-state index contributed by atoms with van der Waals surface area (Å²) in [6.45, 7) is 0. The van der Waals surface area contributed by atoms with Gasteiger partial charge in [-0.2, -0.15) is 5.10 Å². The summed E-state index contributed by atoms with van der Waals surface area (Å²) in [5.74, 6) is -0.0841. The SMILES string of the molecule is Cn1nc2c3c(c(Cl)ccc31)C(=O)c1cnccc1-2. The number of halogens is 1. The second-order valence-corrected chi connectivity index (χ2v) is 4.95. The van der Waals surface area contributed by atoms with E-state index in [-0.39, 0.29) is 5.78 Å². The largest absolute Gasteiger partial charge is 0.288 e. The monoisotopic (exact) mass is 269 g/mol. The Morgan fingerprint density at radius 3 is 2.89 bits per heavy atom. The van der Waals surface area contributed by atoms with Crippen LogP contribution < -0.4 is 0 Å². The van der Waals surface area contributed by atoms with E-state index in [0.29, 0.717) is 16.1 Å². The Bertz CT molecular complexity index is 866.